The fraction of sp³-hybridized carbons (Fsp3) is 0.182. The number of aliphatic carboxylic acids is 1. The first kappa shape index (κ1) is 9.52. The molecule has 1 aromatic rings. The maximum absolute atomic E-state index is 10.6. The number of hydrogen-bond acceptors (Lipinski definition) is 1. The van der Waals surface area contributed by atoms with Crippen molar-refractivity contribution in [3.8, 4) is 0 Å². The van der Waals surface area contributed by atoms with Crippen LogP contribution in [0.15, 0.2) is 42.5 Å². The number of rotatable bonds is 3. The van der Waals surface area contributed by atoms with E-state index in [1.54, 1.807) is 0 Å². The normalized spacial score (nSPS) is 12.1. The monoisotopic (exact) mass is 176 g/mol. The summed E-state index contributed by atoms with van der Waals surface area (Å²) in [6.45, 7) is 5.37. The topological polar surface area (TPSA) is 37.3 Å². The Labute approximate surface area is 77.5 Å². The van der Waals surface area contributed by atoms with Gasteiger partial charge in [0.2, 0.25) is 0 Å². The minimum absolute atomic E-state index is 0.126. The predicted octanol–water partition coefficient (Wildman–Crippen LogP) is 2.43. The van der Waals surface area contributed by atoms with Crippen molar-refractivity contribution in [2.45, 2.75) is 12.8 Å². The standard InChI is InChI=1S/C11H12O2/c1-8(9(2)11(12)13)10-6-4-3-5-7-10/h3-8H,2H2,1H3,(H,12,13). The quantitative estimate of drug-likeness (QED) is 0.718. The zero-order valence-electron chi connectivity index (χ0n) is 7.53. The zero-order valence-corrected chi connectivity index (χ0v) is 7.53. The van der Waals surface area contributed by atoms with Crippen LogP contribution in [0.25, 0.3) is 0 Å². The summed E-state index contributed by atoms with van der Waals surface area (Å²) in [7, 11) is 0. The van der Waals surface area contributed by atoms with Crippen LogP contribution in [0.1, 0.15) is 18.4 Å². The van der Waals surface area contributed by atoms with Crippen LogP contribution in [0.5, 0.6) is 0 Å². The van der Waals surface area contributed by atoms with Crippen molar-refractivity contribution in [3.63, 3.8) is 0 Å². The van der Waals surface area contributed by atoms with E-state index in [1.807, 2.05) is 37.3 Å². The zero-order chi connectivity index (χ0) is 9.84. The third-order valence-electron chi connectivity index (χ3n) is 2.10. The molecule has 2 heteroatoms. The Balaban J connectivity index is 2.86. The highest BCUT2D eigenvalue weighted by Crippen LogP contribution is 2.21. The minimum atomic E-state index is -0.934. The maximum Gasteiger partial charge on any atom is 0.331 e. The van der Waals surface area contributed by atoms with Gasteiger partial charge in [-0.15, -0.1) is 0 Å². The van der Waals surface area contributed by atoms with Crippen LogP contribution < -0.4 is 0 Å². The molecule has 1 N–H and O–H groups in total. The van der Waals surface area contributed by atoms with Gasteiger partial charge >= 0.3 is 5.97 Å². The third-order valence-corrected chi connectivity index (χ3v) is 2.10. The molecule has 1 rings (SSSR count). The van der Waals surface area contributed by atoms with Gasteiger partial charge in [0.1, 0.15) is 0 Å². The summed E-state index contributed by atoms with van der Waals surface area (Å²) in [5, 5.41) is 8.71. The summed E-state index contributed by atoms with van der Waals surface area (Å²) in [6.07, 6.45) is 0. The Hall–Kier alpha value is -1.57. The summed E-state index contributed by atoms with van der Waals surface area (Å²) >= 11 is 0. The smallest absolute Gasteiger partial charge is 0.331 e. The van der Waals surface area contributed by atoms with Gasteiger partial charge in [-0.05, 0) is 5.56 Å². The van der Waals surface area contributed by atoms with Gasteiger partial charge in [0.25, 0.3) is 0 Å². The number of hydrogen-bond donors (Lipinski definition) is 1. The fourth-order valence-corrected chi connectivity index (χ4v) is 1.13. The van der Waals surface area contributed by atoms with Crippen LogP contribution in [0.4, 0.5) is 0 Å². The highest BCUT2D eigenvalue weighted by atomic mass is 16.4. The van der Waals surface area contributed by atoms with E-state index >= 15 is 0 Å². The van der Waals surface area contributed by atoms with E-state index < -0.39 is 5.97 Å². The van der Waals surface area contributed by atoms with Gasteiger partial charge in [0, 0.05) is 11.5 Å². The van der Waals surface area contributed by atoms with Crippen molar-refractivity contribution in [1.29, 1.82) is 0 Å². The molecule has 1 unspecified atom stereocenters. The lowest BCUT2D eigenvalue weighted by Gasteiger charge is -2.10. The molecule has 1 atom stereocenters. The van der Waals surface area contributed by atoms with Crippen LogP contribution >= 0.6 is 0 Å². The summed E-state index contributed by atoms with van der Waals surface area (Å²) in [6, 6.07) is 9.49. The first-order valence-corrected chi connectivity index (χ1v) is 4.10. The van der Waals surface area contributed by atoms with Crippen molar-refractivity contribution >= 4 is 5.97 Å². The largest absolute Gasteiger partial charge is 0.478 e. The number of carboxylic acid groups (broad SMARTS) is 1. The molecule has 0 aliphatic rings. The molecule has 0 heterocycles. The highest BCUT2D eigenvalue weighted by Gasteiger charge is 2.14. The Morgan fingerprint density at radius 2 is 1.92 bits per heavy atom. The van der Waals surface area contributed by atoms with Gasteiger partial charge in [-0.1, -0.05) is 43.8 Å². The van der Waals surface area contributed by atoms with Crippen LogP contribution in [0.2, 0.25) is 0 Å². The van der Waals surface area contributed by atoms with E-state index in [9.17, 15) is 4.79 Å². The number of benzene rings is 1. The maximum atomic E-state index is 10.6. The molecule has 0 aliphatic carbocycles. The molecular formula is C11H12O2. The lowest BCUT2D eigenvalue weighted by atomic mass is 9.94. The average molecular weight is 176 g/mol. The Kier molecular flexibility index (Phi) is 2.85. The molecule has 0 radical (unpaired) electrons. The molecule has 0 aromatic heterocycles. The Morgan fingerprint density at radius 3 is 2.38 bits per heavy atom. The first-order chi connectivity index (χ1) is 6.13. The molecule has 13 heavy (non-hydrogen) atoms. The van der Waals surface area contributed by atoms with Gasteiger partial charge in [0.15, 0.2) is 0 Å². The Morgan fingerprint density at radius 1 is 1.38 bits per heavy atom. The molecule has 0 aliphatic heterocycles. The highest BCUT2D eigenvalue weighted by molar-refractivity contribution is 5.87. The second-order valence-corrected chi connectivity index (χ2v) is 2.96. The van der Waals surface area contributed by atoms with Crippen LogP contribution in [-0.4, -0.2) is 11.1 Å². The molecule has 0 spiro atoms. The van der Waals surface area contributed by atoms with Gasteiger partial charge in [-0.2, -0.15) is 0 Å². The van der Waals surface area contributed by atoms with Gasteiger partial charge in [-0.25, -0.2) is 4.79 Å². The van der Waals surface area contributed by atoms with Gasteiger partial charge in [-0.3, -0.25) is 0 Å². The summed E-state index contributed by atoms with van der Waals surface area (Å²) in [5.74, 6) is -1.06. The second kappa shape index (κ2) is 3.90. The molecule has 0 fully saturated rings. The SMILES string of the molecule is C=C(C(=O)O)C(C)c1ccccc1. The fourth-order valence-electron chi connectivity index (χ4n) is 1.13. The number of carboxylic acids is 1. The summed E-state index contributed by atoms with van der Waals surface area (Å²) in [4.78, 5) is 10.6. The summed E-state index contributed by atoms with van der Waals surface area (Å²) < 4.78 is 0. The van der Waals surface area contributed by atoms with E-state index in [-0.39, 0.29) is 11.5 Å². The van der Waals surface area contributed by atoms with Gasteiger partial charge < -0.3 is 5.11 Å². The molecular weight excluding hydrogens is 164 g/mol. The van der Waals surface area contributed by atoms with E-state index in [1.165, 1.54) is 0 Å². The summed E-state index contributed by atoms with van der Waals surface area (Å²) in [5.41, 5.74) is 1.21. The molecule has 68 valence electrons. The molecule has 0 amide bonds. The van der Waals surface area contributed by atoms with Crippen molar-refractivity contribution in [1.82, 2.24) is 0 Å². The molecule has 0 bridgehead atoms. The third kappa shape index (κ3) is 2.18. The van der Waals surface area contributed by atoms with Gasteiger partial charge in [0.05, 0.1) is 0 Å². The van der Waals surface area contributed by atoms with Crippen molar-refractivity contribution in [3.05, 3.63) is 48.0 Å². The van der Waals surface area contributed by atoms with E-state index in [0.717, 1.165) is 5.56 Å². The number of carbonyl (C=O) groups is 1. The Bertz CT molecular complexity index is 314. The molecule has 2 nitrogen and oxygen atoms in total. The van der Waals surface area contributed by atoms with Crippen LogP contribution in [0, 0.1) is 0 Å². The van der Waals surface area contributed by atoms with E-state index in [2.05, 4.69) is 6.58 Å². The predicted molar refractivity (Wildman–Crippen MR) is 51.6 cm³/mol. The lowest BCUT2D eigenvalue weighted by Crippen LogP contribution is -2.06. The van der Waals surface area contributed by atoms with Crippen molar-refractivity contribution in [2.75, 3.05) is 0 Å². The lowest BCUT2D eigenvalue weighted by molar-refractivity contribution is -0.132. The average Bonchev–Trinajstić information content (AvgIpc) is 2.17. The van der Waals surface area contributed by atoms with Crippen LogP contribution in [-0.2, 0) is 4.79 Å². The van der Waals surface area contributed by atoms with Crippen molar-refractivity contribution < 1.29 is 9.90 Å². The molecule has 0 saturated heterocycles. The van der Waals surface area contributed by atoms with E-state index in [4.69, 9.17) is 5.11 Å². The molecule has 0 saturated carbocycles. The van der Waals surface area contributed by atoms with E-state index in [0.29, 0.717) is 0 Å². The molecule has 1 aromatic carbocycles. The van der Waals surface area contributed by atoms with Crippen LogP contribution in [0.3, 0.4) is 0 Å². The minimum Gasteiger partial charge on any atom is -0.478 e. The first-order valence-electron chi connectivity index (χ1n) is 4.10. The van der Waals surface area contributed by atoms with Crippen molar-refractivity contribution in [2.24, 2.45) is 0 Å². The second-order valence-electron chi connectivity index (χ2n) is 2.96.